The van der Waals surface area contributed by atoms with Gasteiger partial charge in [-0.05, 0) is 37.0 Å². The van der Waals surface area contributed by atoms with Crippen molar-refractivity contribution in [1.29, 1.82) is 0 Å². The lowest BCUT2D eigenvalue weighted by atomic mass is 10.1. The second kappa shape index (κ2) is 6.00. The molecule has 0 amide bonds. The van der Waals surface area contributed by atoms with Gasteiger partial charge in [-0.3, -0.25) is 0 Å². The topological polar surface area (TPSA) is 18.5 Å². The first-order chi connectivity index (χ1) is 7.90. The summed E-state index contributed by atoms with van der Waals surface area (Å²) in [6.07, 6.45) is 5.94. The van der Waals surface area contributed by atoms with Crippen molar-refractivity contribution in [2.45, 2.75) is 32.1 Å². The molecular weight excluding hydrogens is 224 g/mol. The van der Waals surface area contributed by atoms with Gasteiger partial charge in [-0.15, -0.1) is 11.6 Å². The summed E-state index contributed by atoms with van der Waals surface area (Å²) in [6.45, 7) is 0.356. The second-order valence-electron chi connectivity index (χ2n) is 4.04. The summed E-state index contributed by atoms with van der Waals surface area (Å²) in [5.74, 6) is 2.54. The number of ether oxygens (including phenoxy) is 2. The zero-order chi connectivity index (χ0) is 11.2. The highest BCUT2D eigenvalue weighted by Crippen LogP contribution is 2.32. The van der Waals surface area contributed by atoms with Gasteiger partial charge >= 0.3 is 0 Å². The molecule has 0 bridgehead atoms. The van der Waals surface area contributed by atoms with E-state index < -0.39 is 0 Å². The van der Waals surface area contributed by atoms with E-state index in [0.717, 1.165) is 30.2 Å². The molecular formula is C13H17ClO2. The van der Waals surface area contributed by atoms with Crippen LogP contribution in [0.25, 0.3) is 0 Å². The van der Waals surface area contributed by atoms with Gasteiger partial charge in [0.1, 0.15) is 0 Å². The van der Waals surface area contributed by atoms with E-state index >= 15 is 0 Å². The van der Waals surface area contributed by atoms with Crippen molar-refractivity contribution in [1.82, 2.24) is 0 Å². The van der Waals surface area contributed by atoms with Crippen molar-refractivity contribution in [3.05, 3.63) is 23.8 Å². The summed E-state index contributed by atoms with van der Waals surface area (Å²) in [6, 6.07) is 6.20. The molecule has 1 heterocycles. The molecule has 1 aliphatic heterocycles. The highest BCUT2D eigenvalue weighted by molar-refractivity contribution is 6.17. The number of hydrogen-bond acceptors (Lipinski definition) is 2. The number of aryl methyl sites for hydroxylation is 1. The molecule has 88 valence electrons. The van der Waals surface area contributed by atoms with E-state index in [-0.39, 0.29) is 0 Å². The molecule has 2 nitrogen and oxygen atoms in total. The molecule has 0 spiro atoms. The monoisotopic (exact) mass is 240 g/mol. The normalized spacial score (nSPS) is 13.1. The molecule has 1 aromatic rings. The molecule has 3 heteroatoms. The number of benzene rings is 1. The van der Waals surface area contributed by atoms with E-state index in [1.165, 1.54) is 24.8 Å². The van der Waals surface area contributed by atoms with Gasteiger partial charge in [0.25, 0.3) is 0 Å². The van der Waals surface area contributed by atoms with Gasteiger partial charge in [0.05, 0.1) is 0 Å². The molecule has 1 aromatic carbocycles. The Hall–Kier alpha value is -0.890. The van der Waals surface area contributed by atoms with Crippen molar-refractivity contribution >= 4 is 11.6 Å². The van der Waals surface area contributed by atoms with Crippen LogP contribution in [0, 0.1) is 0 Å². The molecule has 0 unspecified atom stereocenters. The Morgan fingerprint density at radius 3 is 2.69 bits per heavy atom. The van der Waals surface area contributed by atoms with E-state index in [1.807, 2.05) is 6.07 Å². The van der Waals surface area contributed by atoms with E-state index in [9.17, 15) is 0 Å². The number of alkyl halides is 1. The maximum Gasteiger partial charge on any atom is 0.231 e. The first-order valence-electron chi connectivity index (χ1n) is 5.84. The standard InChI is InChI=1S/C13H17ClO2/c14-8-4-2-1-3-5-11-6-7-12-13(9-11)16-10-15-12/h6-7,9H,1-5,8,10H2. The van der Waals surface area contributed by atoms with Crippen LogP contribution in [0.3, 0.4) is 0 Å². The van der Waals surface area contributed by atoms with Crippen molar-refractivity contribution in [3.63, 3.8) is 0 Å². The van der Waals surface area contributed by atoms with E-state index in [2.05, 4.69) is 12.1 Å². The number of fused-ring (bicyclic) bond motifs is 1. The molecule has 0 aromatic heterocycles. The summed E-state index contributed by atoms with van der Waals surface area (Å²) in [5.41, 5.74) is 1.33. The molecule has 0 fully saturated rings. The van der Waals surface area contributed by atoms with Crippen molar-refractivity contribution < 1.29 is 9.47 Å². The van der Waals surface area contributed by atoms with Gasteiger partial charge in [0, 0.05) is 5.88 Å². The van der Waals surface area contributed by atoms with Crippen LogP contribution in [0.5, 0.6) is 11.5 Å². The van der Waals surface area contributed by atoms with Crippen LogP contribution in [0.4, 0.5) is 0 Å². The fourth-order valence-electron chi connectivity index (χ4n) is 1.87. The van der Waals surface area contributed by atoms with Crippen LogP contribution in [0.15, 0.2) is 18.2 Å². The maximum absolute atomic E-state index is 5.63. The average molecular weight is 241 g/mol. The molecule has 0 aliphatic carbocycles. The third-order valence-electron chi connectivity index (χ3n) is 2.79. The number of rotatable bonds is 6. The largest absolute Gasteiger partial charge is 0.454 e. The SMILES string of the molecule is ClCCCCCCc1ccc2c(c1)OCO2. The Bertz CT molecular complexity index is 339. The molecule has 0 N–H and O–H groups in total. The van der Waals surface area contributed by atoms with Crippen LogP contribution in [0.2, 0.25) is 0 Å². The molecule has 0 saturated heterocycles. The average Bonchev–Trinajstić information content (AvgIpc) is 2.76. The smallest absolute Gasteiger partial charge is 0.231 e. The lowest BCUT2D eigenvalue weighted by Crippen LogP contribution is -1.93. The van der Waals surface area contributed by atoms with Gasteiger partial charge in [-0.25, -0.2) is 0 Å². The molecule has 2 rings (SSSR count). The Labute approximate surface area is 102 Å². The predicted molar refractivity (Wildman–Crippen MR) is 65.5 cm³/mol. The predicted octanol–water partition coefficient (Wildman–Crippen LogP) is 3.76. The fourth-order valence-corrected chi connectivity index (χ4v) is 2.06. The number of halogens is 1. The molecule has 0 radical (unpaired) electrons. The highest BCUT2D eigenvalue weighted by atomic mass is 35.5. The molecule has 1 aliphatic rings. The van der Waals surface area contributed by atoms with Crippen LogP contribution in [-0.4, -0.2) is 12.7 Å². The Balaban J connectivity index is 1.77. The van der Waals surface area contributed by atoms with Gasteiger partial charge in [0.2, 0.25) is 6.79 Å². The summed E-state index contributed by atoms with van der Waals surface area (Å²) in [4.78, 5) is 0. The fraction of sp³-hybridized carbons (Fsp3) is 0.538. The van der Waals surface area contributed by atoms with Crippen molar-refractivity contribution in [3.8, 4) is 11.5 Å². The van der Waals surface area contributed by atoms with Crippen molar-refractivity contribution in [2.24, 2.45) is 0 Å². The van der Waals surface area contributed by atoms with E-state index in [0.29, 0.717) is 6.79 Å². The zero-order valence-corrected chi connectivity index (χ0v) is 10.1. The maximum atomic E-state index is 5.63. The molecule has 0 atom stereocenters. The minimum absolute atomic E-state index is 0.356. The van der Waals surface area contributed by atoms with E-state index in [4.69, 9.17) is 21.1 Å². The van der Waals surface area contributed by atoms with Gasteiger partial charge < -0.3 is 9.47 Å². The van der Waals surface area contributed by atoms with Gasteiger partial charge in [-0.2, -0.15) is 0 Å². The number of hydrogen-bond donors (Lipinski definition) is 0. The third-order valence-corrected chi connectivity index (χ3v) is 3.05. The van der Waals surface area contributed by atoms with Crippen LogP contribution < -0.4 is 9.47 Å². The lowest BCUT2D eigenvalue weighted by Gasteiger charge is -2.03. The minimum Gasteiger partial charge on any atom is -0.454 e. The summed E-state index contributed by atoms with van der Waals surface area (Å²) in [7, 11) is 0. The van der Waals surface area contributed by atoms with Gasteiger partial charge in [-0.1, -0.05) is 18.9 Å². The summed E-state index contributed by atoms with van der Waals surface area (Å²) in [5, 5.41) is 0. The zero-order valence-electron chi connectivity index (χ0n) is 9.38. The Morgan fingerprint density at radius 1 is 1.00 bits per heavy atom. The number of unbranched alkanes of at least 4 members (excludes halogenated alkanes) is 3. The first kappa shape index (κ1) is 11.6. The summed E-state index contributed by atoms with van der Waals surface area (Å²) < 4.78 is 10.6. The second-order valence-corrected chi connectivity index (χ2v) is 4.42. The Kier molecular flexibility index (Phi) is 4.34. The lowest BCUT2D eigenvalue weighted by molar-refractivity contribution is 0.174. The first-order valence-corrected chi connectivity index (χ1v) is 6.38. The van der Waals surface area contributed by atoms with E-state index in [1.54, 1.807) is 0 Å². The summed E-state index contributed by atoms with van der Waals surface area (Å²) >= 11 is 5.63. The highest BCUT2D eigenvalue weighted by Gasteiger charge is 2.12. The van der Waals surface area contributed by atoms with Crippen LogP contribution in [-0.2, 0) is 6.42 Å². The molecule has 16 heavy (non-hydrogen) atoms. The third kappa shape index (κ3) is 3.05. The quantitative estimate of drug-likeness (QED) is 0.557. The van der Waals surface area contributed by atoms with Crippen molar-refractivity contribution in [2.75, 3.05) is 12.7 Å². The minimum atomic E-state index is 0.356. The van der Waals surface area contributed by atoms with Gasteiger partial charge in [0.15, 0.2) is 11.5 Å². The Morgan fingerprint density at radius 2 is 1.81 bits per heavy atom. The van der Waals surface area contributed by atoms with Crippen LogP contribution >= 0.6 is 11.6 Å². The molecule has 0 saturated carbocycles. The van der Waals surface area contributed by atoms with Crippen LogP contribution in [0.1, 0.15) is 31.2 Å².